The number of nitrogens with one attached hydrogen (secondary N) is 1. The first-order valence-electron chi connectivity index (χ1n) is 10.4. The number of H-pyrrole nitrogens is 1. The predicted molar refractivity (Wildman–Crippen MR) is 122 cm³/mol. The Labute approximate surface area is 188 Å². The summed E-state index contributed by atoms with van der Waals surface area (Å²) in [6.07, 6.45) is 5.59. The Morgan fingerprint density at radius 1 is 1.09 bits per heavy atom. The van der Waals surface area contributed by atoms with Crippen molar-refractivity contribution in [1.82, 2.24) is 24.6 Å². The quantitative estimate of drug-likeness (QED) is 0.418. The van der Waals surface area contributed by atoms with Gasteiger partial charge in [0, 0.05) is 54.1 Å². The molecule has 32 heavy (non-hydrogen) atoms. The lowest BCUT2D eigenvalue weighted by molar-refractivity contribution is 0.219. The van der Waals surface area contributed by atoms with Crippen molar-refractivity contribution < 1.29 is 9.13 Å². The first-order chi connectivity index (χ1) is 15.6. The van der Waals surface area contributed by atoms with Crippen LogP contribution < -0.4 is 4.74 Å². The lowest BCUT2D eigenvalue weighted by Gasteiger charge is -2.19. The molecule has 0 aliphatic carbocycles. The molecule has 160 valence electrons. The molecular formula is C24H19ClFN5O. The van der Waals surface area contributed by atoms with Crippen LogP contribution in [0.2, 0.25) is 5.02 Å². The molecular weight excluding hydrogens is 429 g/mol. The SMILES string of the molecule is Fc1ccc2c(ccn2-c2cc(Cl)c3c(c2)CN(Cc2cnc4[nH]ncc4c2)CCO3)c1. The van der Waals surface area contributed by atoms with E-state index < -0.39 is 0 Å². The summed E-state index contributed by atoms with van der Waals surface area (Å²) in [5, 5.41) is 9.34. The molecule has 0 spiro atoms. The Morgan fingerprint density at radius 2 is 2.03 bits per heavy atom. The van der Waals surface area contributed by atoms with Gasteiger partial charge in [0.2, 0.25) is 0 Å². The van der Waals surface area contributed by atoms with E-state index in [9.17, 15) is 4.39 Å². The summed E-state index contributed by atoms with van der Waals surface area (Å²) >= 11 is 6.64. The second kappa shape index (κ2) is 7.62. The Balaban J connectivity index is 1.34. The van der Waals surface area contributed by atoms with Crippen LogP contribution in [0.3, 0.4) is 0 Å². The van der Waals surface area contributed by atoms with Crippen LogP contribution in [0.15, 0.2) is 61.1 Å². The summed E-state index contributed by atoms with van der Waals surface area (Å²) in [7, 11) is 0. The standard InChI is InChI=1S/C24H19ClFN5O/c25-21-10-20(31-4-3-16-8-19(26)1-2-22(16)31)9-18-14-30(5-6-32-23(18)21)13-15-7-17-12-28-29-24(17)27-11-15/h1-4,7-12H,5-6,13-14H2,(H,27,28,29). The summed E-state index contributed by atoms with van der Waals surface area (Å²) < 4.78 is 21.6. The van der Waals surface area contributed by atoms with E-state index >= 15 is 0 Å². The summed E-state index contributed by atoms with van der Waals surface area (Å²) in [4.78, 5) is 6.76. The lowest BCUT2D eigenvalue weighted by atomic mass is 10.1. The van der Waals surface area contributed by atoms with Gasteiger partial charge in [0.1, 0.15) is 18.2 Å². The van der Waals surface area contributed by atoms with Crippen molar-refractivity contribution in [2.75, 3.05) is 13.2 Å². The van der Waals surface area contributed by atoms with Crippen LogP contribution in [-0.4, -0.2) is 37.8 Å². The number of pyridine rings is 1. The smallest absolute Gasteiger partial charge is 0.155 e. The molecule has 1 aliphatic rings. The third kappa shape index (κ3) is 3.39. The highest BCUT2D eigenvalue weighted by molar-refractivity contribution is 6.32. The zero-order chi connectivity index (χ0) is 21.7. The van der Waals surface area contributed by atoms with Crippen LogP contribution >= 0.6 is 11.6 Å². The van der Waals surface area contributed by atoms with Gasteiger partial charge in [-0.15, -0.1) is 0 Å². The maximum absolute atomic E-state index is 13.6. The van der Waals surface area contributed by atoms with E-state index in [4.69, 9.17) is 16.3 Å². The average molecular weight is 448 g/mol. The van der Waals surface area contributed by atoms with Gasteiger partial charge >= 0.3 is 0 Å². The number of aromatic amines is 1. The molecule has 6 nitrogen and oxygen atoms in total. The van der Waals surface area contributed by atoms with Crippen molar-refractivity contribution in [3.63, 3.8) is 0 Å². The number of halogens is 2. The van der Waals surface area contributed by atoms with Gasteiger partial charge in [-0.1, -0.05) is 11.6 Å². The second-order valence-corrected chi connectivity index (χ2v) is 8.42. The van der Waals surface area contributed by atoms with E-state index in [2.05, 4.69) is 32.2 Å². The van der Waals surface area contributed by atoms with Crippen LogP contribution in [0.4, 0.5) is 4.39 Å². The van der Waals surface area contributed by atoms with Gasteiger partial charge in [0.15, 0.2) is 5.65 Å². The molecule has 0 saturated heterocycles. The van der Waals surface area contributed by atoms with E-state index in [1.807, 2.05) is 29.1 Å². The first-order valence-corrected chi connectivity index (χ1v) is 10.7. The molecule has 1 N–H and O–H groups in total. The van der Waals surface area contributed by atoms with E-state index in [-0.39, 0.29) is 5.82 Å². The second-order valence-electron chi connectivity index (χ2n) is 8.02. The topological polar surface area (TPSA) is 59.0 Å². The number of rotatable bonds is 3. The van der Waals surface area contributed by atoms with Gasteiger partial charge in [0.25, 0.3) is 0 Å². The van der Waals surface area contributed by atoms with Crippen LogP contribution in [0.5, 0.6) is 5.75 Å². The van der Waals surface area contributed by atoms with E-state index in [0.717, 1.165) is 57.6 Å². The van der Waals surface area contributed by atoms with Crippen molar-refractivity contribution in [3.8, 4) is 11.4 Å². The first kappa shape index (κ1) is 19.3. The Morgan fingerprint density at radius 3 is 2.97 bits per heavy atom. The van der Waals surface area contributed by atoms with Crippen molar-refractivity contribution in [1.29, 1.82) is 0 Å². The molecule has 2 aromatic carbocycles. The minimum absolute atomic E-state index is 0.248. The molecule has 4 heterocycles. The summed E-state index contributed by atoms with van der Waals surface area (Å²) in [6.45, 7) is 2.76. The molecule has 5 aromatic rings. The molecule has 0 bridgehead atoms. The molecule has 3 aromatic heterocycles. The minimum atomic E-state index is -0.248. The normalized spacial score (nSPS) is 14.4. The fraction of sp³-hybridized carbons (Fsp3) is 0.167. The number of hydrogen-bond acceptors (Lipinski definition) is 4. The Hall–Kier alpha value is -3.42. The van der Waals surface area contributed by atoms with Gasteiger partial charge in [-0.05, 0) is 48.0 Å². The van der Waals surface area contributed by atoms with Crippen LogP contribution in [0.25, 0.3) is 27.6 Å². The third-order valence-electron chi connectivity index (χ3n) is 5.84. The van der Waals surface area contributed by atoms with Gasteiger partial charge in [-0.2, -0.15) is 5.10 Å². The van der Waals surface area contributed by atoms with Crippen molar-refractivity contribution in [3.05, 3.63) is 83.0 Å². The van der Waals surface area contributed by atoms with Crippen molar-refractivity contribution >= 4 is 33.5 Å². The maximum atomic E-state index is 13.6. The molecule has 0 amide bonds. The molecule has 0 radical (unpaired) electrons. The van der Waals surface area contributed by atoms with E-state index in [1.165, 1.54) is 12.1 Å². The minimum Gasteiger partial charge on any atom is -0.490 e. The Bertz CT molecular complexity index is 1460. The Kier molecular flexibility index (Phi) is 4.59. The lowest BCUT2D eigenvalue weighted by Crippen LogP contribution is -2.25. The molecule has 0 fully saturated rings. The van der Waals surface area contributed by atoms with Crippen LogP contribution in [0, 0.1) is 5.82 Å². The number of aromatic nitrogens is 4. The molecule has 8 heteroatoms. The maximum Gasteiger partial charge on any atom is 0.155 e. The predicted octanol–water partition coefficient (Wildman–Crippen LogP) is 5.09. The number of nitrogens with zero attached hydrogens (tertiary/aromatic N) is 4. The molecule has 1 aliphatic heterocycles. The zero-order valence-corrected chi connectivity index (χ0v) is 17.8. The van der Waals surface area contributed by atoms with Crippen molar-refractivity contribution in [2.45, 2.75) is 13.1 Å². The highest BCUT2D eigenvalue weighted by Crippen LogP contribution is 2.35. The third-order valence-corrected chi connectivity index (χ3v) is 6.12. The highest BCUT2D eigenvalue weighted by atomic mass is 35.5. The highest BCUT2D eigenvalue weighted by Gasteiger charge is 2.20. The van der Waals surface area contributed by atoms with Gasteiger partial charge in [0.05, 0.1) is 16.7 Å². The molecule has 0 saturated carbocycles. The number of hydrogen-bond donors (Lipinski definition) is 1. The number of ether oxygens (including phenoxy) is 1. The number of fused-ring (bicyclic) bond motifs is 3. The summed E-state index contributed by atoms with van der Waals surface area (Å²) in [5.41, 5.74) is 4.76. The van der Waals surface area contributed by atoms with Crippen molar-refractivity contribution in [2.24, 2.45) is 0 Å². The van der Waals surface area contributed by atoms with E-state index in [0.29, 0.717) is 18.2 Å². The molecule has 6 rings (SSSR count). The molecule has 0 atom stereocenters. The largest absolute Gasteiger partial charge is 0.490 e. The summed E-state index contributed by atoms with van der Waals surface area (Å²) in [6, 6.07) is 12.8. The van der Waals surface area contributed by atoms with Gasteiger partial charge in [-0.3, -0.25) is 10.00 Å². The van der Waals surface area contributed by atoms with Crippen LogP contribution in [-0.2, 0) is 13.1 Å². The van der Waals surface area contributed by atoms with Crippen LogP contribution in [0.1, 0.15) is 11.1 Å². The number of benzene rings is 2. The zero-order valence-electron chi connectivity index (χ0n) is 17.1. The average Bonchev–Trinajstić information content (AvgIpc) is 3.35. The van der Waals surface area contributed by atoms with Gasteiger partial charge in [-0.25, -0.2) is 9.37 Å². The fourth-order valence-electron chi connectivity index (χ4n) is 4.35. The molecule has 0 unspecified atom stereocenters. The fourth-order valence-corrected chi connectivity index (χ4v) is 4.64. The monoisotopic (exact) mass is 447 g/mol. The summed E-state index contributed by atoms with van der Waals surface area (Å²) in [5.74, 6) is 0.478. The van der Waals surface area contributed by atoms with Gasteiger partial charge < -0.3 is 9.30 Å². The van der Waals surface area contributed by atoms with E-state index in [1.54, 1.807) is 12.3 Å².